The third-order valence-corrected chi connectivity index (χ3v) is 6.92. The van der Waals surface area contributed by atoms with E-state index in [-0.39, 0.29) is 24.3 Å². The fourth-order valence-corrected chi connectivity index (χ4v) is 4.60. The van der Waals surface area contributed by atoms with E-state index in [2.05, 4.69) is 10.2 Å². The van der Waals surface area contributed by atoms with Gasteiger partial charge in [0.05, 0.1) is 52.5 Å². The number of rotatable bonds is 12. The molecule has 2 amide bonds. The maximum Gasteiger partial charge on any atom is 0.246 e. The van der Waals surface area contributed by atoms with Crippen LogP contribution in [0.25, 0.3) is 16.9 Å². The minimum Gasteiger partial charge on any atom is -0.497 e. The molecule has 11 nitrogen and oxygen atoms in total. The summed E-state index contributed by atoms with van der Waals surface area (Å²) in [6.45, 7) is 7.70. The fourth-order valence-electron chi connectivity index (χ4n) is 4.60. The quantitative estimate of drug-likeness (QED) is 0.357. The average molecular weight is 566 g/mol. The summed E-state index contributed by atoms with van der Waals surface area (Å²) in [5, 5.41) is 2.94. The van der Waals surface area contributed by atoms with Crippen molar-refractivity contribution in [3.05, 3.63) is 48.7 Å². The molecule has 220 valence electrons. The van der Waals surface area contributed by atoms with Gasteiger partial charge in [0.1, 0.15) is 5.75 Å². The molecule has 1 aliphatic heterocycles. The van der Waals surface area contributed by atoms with Crippen LogP contribution in [0.1, 0.15) is 13.8 Å². The van der Waals surface area contributed by atoms with Crippen molar-refractivity contribution in [2.75, 3.05) is 72.6 Å². The monoisotopic (exact) mass is 565 g/mol. The number of nitrogens with one attached hydrogen (secondary N) is 1. The molecule has 11 heteroatoms. The molecule has 41 heavy (non-hydrogen) atoms. The minimum atomic E-state index is -0.338. The normalized spacial score (nSPS) is 13.6. The molecule has 1 aromatic heterocycles. The van der Waals surface area contributed by atoms with Crippen molar-refractivity contribution in [2.45, 2.75) is 13.8 Å². The van der Waals surface area contributed by atoms with Crippen molar-refractivity contribution in [2.24, 2.45) is 5.92 Å². The number of carbonyl (C=O) groups excluding carboxylic acids is 2. The molecule has 3 aromatic rings. The maximum absolute atomic E-state index is 13.4. The Morgan fingerprint density at radius 1 is 1.00 bits per heavy atom. The highest BCUT2D eigenvalue weighted by molar-refractivity contribution is 5.94. The van der Waals surface area contributed by atoms with Gasteiger partial charge in [0.15, 0.2) is 11.5 Å². The molecule has 0 radical (unpaired) electrons. The molecular formula is C30H39N5O6. The molecule has 1 fully saturated rings. The lowest BCUT2D eigenvalue weighted by molar-refractivity contribution is -0.137. The van der Waals surface area contributed by atoms with Crippen molar-refractivity contribution in [1.82, 2.24) is 19.4 Å². The Morgan fingerprint density at radius 3 is 2.34 bits per heavy atom. The number of nitrogens with zero attached hydrogens (tertiary/aromatic N) is 4. The summed E-state index contributed by atoms with van der Waals surface area (Å²) in [5.74, 6) is 1.53. The lowest BCUT2D eigenvalue weighted by Crippen LogP contribution is -2.46. The number of aromatic nitrogens is 2. The van der Waals surface area contributed by atoms with Gasteiger partial charge in [-0.25, -0.2) is 4.98 Å². The van der Waals surface area contributed by atoms with Crippen LogP contribution in [0, 0.1) is 5.92 Å². The number of hydrogen-bond donors (Lipinski definition) is 1. The molecular weight excluding hydrogens is 526 g/mol. The molecule has 0 atom stereocenters. The maximum atomic E-state index is 13.4. The summed E-state index contributed by atoms with van der Waals surface area (Å²) >= 11 is 0. The molecule has 0 aliphatic carbocycles. The molecule has 0 unspecified atom stereocenters. The Kier molecular flexibility index (Phi) is 10.2. The van der Waals surface area contributed by atoms with Crippen LogP contribution in [-0.2, 0) is 14.3 Å². The van der Waals surface area contributed by atoms with Crippen LogP contribution in [0.2, 0.25) is 0 Å². The summed E-state index contributed by atoms with van der Waals surface area (Å²) in [7, 11) is 4.76. The highest BCUT2D eigenvalue weighted by atomic mass is 16.5. The largest absolute Gasteiger partial charge is 0.497 e. The van der Waals surface area contributed by atoms with Crippen LogP contribution >= 0.6 is 0 Å². The van der Waals surface area contributed by atoms with Crippen LogP contribution in [0.3, 0.4) is 0 Å². The van der Waals surface area contributed by atoms with E-state index >= 15 is 0 Å². The summed E-state index contributed by atoms with van der Waals surface area (Å²) in [6.07, 6.45) is 1.84. The van der Waals surface area contributed by atoms with Gasteiger partial charge in [0.2, 0.25) is 17.8 Å². The SMILES string of the molecule is COc1ccc(-c2cn(-c3ccc(OC)c(OC)c3)c(NC(=O)CN(CCN3CCOCC3)C(=O)C(C)C)n2)cc1. The minimum absolute atomic E-state index is 0.0736. The third kappa shape index (κ3) is 7.56. The zero-order chi connectivity index (χ0) is 29.4. The van der Waals surface area contributed by atoms with E-state index in [1.807, 2.05) is 56.4 Å². The number of anilines is 1. The molecule has 0 spiro atoms. The second-order valence-corrected chi connectivity index (χ2v) is 10.0. The van der Waals surface area contributed by atoms with Gasteiger partial charge in [-0.2, -0.15) is 0 Å². The van der Waals surface area contributed by atoms with Gasteiger partial charge in [-0.1, -0.05) is 13.8 Å². The average Bonchev–Trinajstić information content (AvgIpc) is 3.42. The third-order valence-electron chi connectivity index (χ3n) is 6.92. The summed E-state index contributed by atoms with van der Waals surface area (Å²) in [6, 6.07) is 13.0. The van der Waals surface area contributed by atoms with Crippen LogP contribution < -0.4 is 19.5 Å². The van der Waals surface area contributed by atoms with Gasteiger partial charge in [-0.3, -0.25) is 24.4 Å². The van der Waals surface area contributed by atoms with E-state index in [0.29, 0.717) is 55.1 Å². The smallest absolute Gasteiger partial charge is 0.246 e. The van der Waals surface area contributed by atoms with Crippen molar-refractivity contribution < 1.29 is 28.5 Å². The second kappa shape index (κ2) is 14.0. The van der Waals surface area contributed by atoms with E-state index < -0.39 is 0 Å². The molecule has 2 aromatic carbocycles. The van der Waals surface area contributed by atoms with E-state index in [9.17, 15) is 9.59 Å². The zero-order valence-corrected chi connectivity index (χ0v) is 24.4. The number of carbonyl (C=O) groups is 2. The number of amides is 2. The van der Waals surface area contributed by atoms with Gasteiger partial charge in [-0.15, -0.1) is 0 Å². The van der Waals surface area contributed by atoms with Crippen molar-refractivity contribution in [3.63, 3.8) is 0 Å². The van der Waals surface area contributed by atoms with Gasteiger partial charge in [0.25, 0.3) is 0 Å². The van der Waals surface area contributed by atoms with Crippen LogP contribution in [-0.4, -0.2) is 98.4 Å². The highest BCUT2D eigenvalue weighted by Crippen LogP contribution is 2.32. The first-order valence-electron chi connectivity index (χ1n) is 13.7. The topological polar surface area (TPSA) is 107 Å². The van der Waals surface area contributed by atoms with E-state index in [0.717, 1.165) is 24.4 Å². The number of morpholine rings is 1. The fraction of sp³-hybridized carbons (Fsp3) is 0.433. The first-order valence-corrected chi connectivity index (χ1v) is 13.7. The molecule has 1 aliphatic rings. The highest BCUT2D eigenvalue weighted by Gasteiger charge is 2.23. The van der Waals surface area contributed by atoms with Crippen LogP contribution in [0.5, 0.6) is 17.2 Å². The van der Waals surface area contributed by atoms with Gasteiger partial charge in [0, 0.05) is 49.9 Å². The predicted molar refractivity (Wildman–Crippen MR) is 156 cm³/mol. The van der Waals surface area contributed by atoms with Crippen molar-refractivity contribution in [1.29, 1.82) is 0 Å². The standard InChI is InChI=1S/C30H39N5O6/c1-21(2)29(37)34(13-12-33-14-16-41-17-15-33)20-28(36)32-30-31-25(22-6-9-24(38-3)10-7-22)19-35(30)23-8-11-26(39-4)27(18-23)40-5/h6-11,18-19,21H,12-17,20H2,1-5H3,(H,31,32,36). The number of hydrogen-bond acceptors (Lipinski definition) is 8. The van der Waals surface area contributed by atoms with E-state index in [1.165, 1.54) is 0 Å². The molecule has 1 saturated heterocycles. The first kappa shape index (κ1) is 29.9. The Hall–Kier alpha value is -4.09. The van der Waals surface area contributed by atoms with Crippen LogP contribution in [0.15, 0.2) is 48.7 Å². The predicted octanol–water partition coefficient (Wildman–Crippen LogP) is 3.32. The molecule has 0 bridgehead atoms. The number of benzene rings is 2. The van der Waals surface area contributed by atoms with E-state index in [1.54, 1.807) is 36.9 Å². The Bertz CT molecular complexity index is 1320. The number of methoxy groups -OCH3 is 3. The zero-order valence-electron chi connectivity index (χ0n) is 24.4. The Labute approximate surface area is 240 Å². The Morgan fingerprint density at radius 2 is 1.71 bits per heavy atom. The second-order valence-electron chi connectivity index (χ2n) is 10.0. The molecule has 2 heterocycles. The number of ether oxygens (including phenoxy) is 4. The van der Waals surface area contributed by atoms with Gasteiger partial charge >= 0.3 is 0 Å². The van der Waals surface area contributed by atoms with Gasteiger partial charge in [-0.05, 0) is 36.4 Å². The van der Waals surface area contributed by atoms with Crippen molar-refractivity contribution >= 4 is 17.8 Å². The lowest BCUT2D eigenvalue weighted by Gasteiger charge is -2.30. The summed E-state index contributed by atoms with van der Waals surface area (Å²) < 4.78 is 23.4. The summed E-state index contributed by atoms with van der Waals surface area (Å²) in [4.78, 5) is 35.0. The number of imidazole rings is 1. The molecule has 0 saturated carbocycles. The lowest BCUT2D eigenvalue weighted by atomic mass is 10.1. The van der Waals surface area contributed by atoms with Gasteiger partial charge < -0.3 is 23.8 Å². The summed E-state index contributed by atoms with van der Waals surface area (Å²) in [5.41, 5.74) is 2.22. The van der Waals surface area contributed by atoms with E-state index in [4.69, 9.17) is 23.9 Å². The molecule has 4 rings (SSSR count). The Balaban J connectivity index is 1.60. The van der Waals surface area contributed by atoms with Crippen molar-refractivity contribution in [3.8, 4) is 34.2 Å². The first-order chi connectivity index (χ1) is 19.8. The van der Waals surface area contributed by atoms with Crippen LogP contribution in [0.4, 0.5) is 5.95 Å². The molecule has 1 N–H and O–H groups in total.